The molecule has 3 aromatic carbocycles. The fourth-order valence-electron chi connectivity index (χ4n) is 4.01. The molecule has 178 valence electrons. The van der Waals surface area contributed by atoms with E-state index >= 15 is 0 Å². The molecule has 0 radical (unpaired) electrons. The molecule has 35 heavy (non-hydrogen) atoms. The van der Waals surface area contributed by atoms with Gasteiger partial charge in [0.15, 0.2) is 0 Å². The monoisotopic (exact) mass is 488 g/mol. The summed E-state index contributed by atoms with van der Waals surface area (Å²) in [7, 11) is 0. The second-order valence-electron chi connectivity index (χ2n) is 8.44. The highest BCUT2D eigenvalue weighted by Gasteiger charge is 2.37. The summed E-state index contributed by atoms with van der Waals surface area (Å²) < 4.78 is 6.03. The maximum Gasteiger partial charge on any atom is 0.335 e. The van der Waals surface area contributed by atoms with E-state index in [0.29, 0.717) is 28.6 Å². The Balaban J connectivity index is 1.66. The number of nitrogens with one attached hydrogen (secondary N) is 1. The van der Waals surface area contributed by atoms with Crippen LogP contribution in [0.5, 0.6) is 5.75 Å². The Bertz CT molecular complexity index is 1330. The summed E-state index contributed by atoms with van der Waals surface area (Å²) in [5.41, 5.74) is 4.95. The molecule has 6 nitrogen and oxygen atoms in total. The van der Waals surface area contributed by atoms with Gasteiger partial charge in [-0.1, -0.05) is 60.0 Å². The molecule has 1 saturated heterocycles. The molecule has 3 aromatic rings. The first-order valence-electron chi connectivity index (χ1n) is 11.2. The van der Waals surface area contributed by atoms with Gasteiger partial charge in [-0.15, -0.1) is 0 Å². The van der Waals surface area contributed by atoms with E-state index in [1.54, 1.807) is 30.3 Å². The third-order valence-corrected chi connectivity index (χ3v) is 5.89. The third kappa shape index (κ3) is 5.44. The van der Waals surface area contributed by atoms with Gasteiger partial charge in [0.2, 0.25) is 0 Å². The number of halogens is 1. The lowest BCUT2D eigenvalue weighted by molar-refractivity contribution is -0.122. The lowest BCUT2D eigenvalue weighted by Gasteiger charge is -2.26. The molecule has 7 heteroatoms. The first kappa shape index (κ1) is 24.2. The van der Waals surface area contributed by atoms with Crippen molar-refractivity contribution < 1.29 is 19.1 Å². The second-order valence-corrected chi connectivity index (χ2v) is 8.88. The molecule has 0 aliphatic carbocycles. The molecule has 0 spiro atoms. The molecule has 4 amide bonds. The van der Waals surface area contributed by atoms with E-state index in [0.717, 1.165) is 33.6 Å². The van der Waals surface area contributed by atoms with Crippen molar-refractivity contribution in [2.75, 3.05) is 4.90 Å². The molecule has 1 heterocycles. The average Bonchev–Trinajstić information content (AvgIpc) is 2.81. The van der Waals surface area contributed by atoms with Crippen LogP contribution >= 0.6 is 11.6 Å². The van der Waals surface area contributed by atoms with Gasteiger partial charge in [0, 0.05) is 10.6 Å². The smallest absolute Gasteiger partial charge is 0.335 e. The predicted octanol–water partition coefficient (Wildman–Crippen LogP) is 5.76. The first-order valence-corrected chi connectivity index (χ1v) is 11.6. The molecular formula is C28H25ClN2O4. The zero-order chi connectivity index (χ0) is 25.1. The normalized spacial score (nSPS) is 14.9. The van der Waals surface area contributed by atoms with Crippen LogP contribution in [0.3, 0.4) is 0 Å². The lowest BCUT2D eigenvalue weighted by atomic mass is 10.1. The highest BCUT2D eigenvalue weighted by Crippen LogP contribution is 2.29. The van der Waals surface area contributed by atoms with Crippen LogP contribution in [0.4, 0.5) is 10.5 Å². The zero-order valence-electron chi connectivity index (χ0n) is 19.7. The molecular weight excluding hydrogens is 464 g/mol. The van der Waals surface area contributed by atoms with Crippen LogP contribution in [-0.2, 0) is 22.6 Å². The topological polar surface area (TPSA) is 75.7 Å². The number of anilines is 1. The fraction of sp³-hybridized carbons (Fsp3) is 0.179. The summed E-state index contributed by atoms with van der Waals surface area (Å²) in [5, 5.41) is 2.67. The van der Waals surface area contributed by atoms with Crippen molar-refractivity contribution in [2.45, 2.75) is 33.8 Å². The zero-order valence-corrected chi connectivity index (χ0v) is 20.5. The van der Waals surface area contributed by atoms with E-state index in [1.807, 2.05) is 45.0 Å². The van der Waals surface area contributed by atoms with Crippen LogP contribution in [0.15, 0.2) is 66.2 Å². The number of imide groups is 2. The molecule has 0 unspecified atom stereocenters. The van der Waals surface area contributed by atoms with Gasteiger partial charge in [-0.25, -0.2) is 9.69 Å². The molecule has 1 N–H and O–H groups in total. The highest BCUT2D eigenvalue weighted by atomic mass is 35.5. The van der Waals surface area contributed by atoms with E-state index in [2.05, 4.69) is 11.4 Å². The van der Waals surface area contributed by atoms with Crippen LogP contribution in [0.1, 0.15) is 34.7 Å². The molecule has 0 aromatic heterocycles. The van der Waals surface area contributed by atoms with Crippen molar-refractivity contribution in [1.82, 2.24) is 5.32 Å². The molecule has 4 rings (SSSR count). The van der Waals surface area contributed by atoms with Crippen molar-refractivity contribution in [3.05, 3.63) is 99.1 Å². The van der Waals surface area contributed by atoms with Crippen molar-refractivity contribution in [1.29, 1.82) is 0 Å². The summed E-state index contributed by atoms with van der Waals surface area (Å²) in [4.78, 5) is 39.3. The standard InChI is InChI=1S/C28H25ClN2O4/c1-4-19-5-8-23(9-6-19)31-27(33)24(26(32)30-28(31)34)15-21-14-22(29)7-10-25(21)35-16-20-12-17(2)11-18(3)13-20/h5-15H,4,16H2,1-3H3,(H,30,32,34)/b24-15+. The third-order valence-electron chi connectivity index (χ3n) is 5.65. The summed E-state index contributed by atoms with van der Waals surface area (Å²) in [6.45, 7) is 6.35. The quantitative estimate of drug-likeness (QED) is 0.353. The summed E-state index contributed by atoms with van der Waals surface area (Å²) in [6.07, 6.45) is 2.23. The number of carbonyl (C=O) groups excluding carboxylic acids is 3. The molecule has 1 aliphatic rings. The number of hydrogen-bond acceptors (Lipinski definition) is 4. The van der Waals surface area contributed by atoms with Gasteiger partial charge in [0.05, 0.1) is 5.69 Å². The minimum absolute atomic E-state index is 0.192. The van der Waals surface area contributed by atoms with E-state index in [4.69, 9.17) is 16.3 Å². The van der Waals surface area contributed by atoms with Crippen LogP contribution in [-0.4, -0.2) is 17.8 Å². The molecule has 0 saturated carbocycles. The lowest BCUT2D eigenvalue weighted by Crippen LogP contribution is -2.54. The fourth-order valence-corrected chi connectivity index (χ4v) is 4.19. The Morgan fingerprint density at radius 1 is 0.914 bits per heavy atom. The predicted molar refractivity (Wildman–Crippen MR) is 137 cm³/mol. The van der Waals surface area contributed by atoms with Crippen LogP contribution in [0, 0.1) is 13.8 Å². The number of hydrogen-bond donors (Lipinski definition) is 1. The van der Waals surface area contributed by atoms with E-state index in [1.165, 1.54) is 6.08 Å². The number of ether oxygens (including phenoxy) is 1. The Morgan fingerprint density at radius 2 is 1.60 bits per heavy atom. The number of barbiturate groups is 1. The van der Waals surface area contributed by atoms with Crippen molar-refractivity contribution in [3.8, 4) is 5.75 Å². The van der Waals surface area contributed by atoms with Gasteiger partial charge in [-0.3, -0.25) is 14.9 Å². The number of nitrogens with zero attached hydrogens (tertiary/aromatic N) is 1. The maximum absolute atomic E-state index is 13.3. The minimum atomic E-state index is -0.793. The molecule has 1 aliphatic heterocycles. The van der Waals surface area contributed by atoms with Gasteiger partial charge in [0.25, 0.3) is 11.8 Å². The van der Waals surface area contributed by atoms with Crippen LogP contribution < -0.4 is 15.0 Å². The van der Waals surface area contributed by atoms with E-state index in [9.17, 15) is 14.4 Å². The Kier molecular flexibility index (Phi) is 7.03. The SMILES string of the molecule is CCc1ccc(N2C(=O)NC(=O)/C(=C\c3cc(Cl)ccc3OCc3cc(C)cc(C)c3)C2=O)cc1. The van der Waals surface area contributed by atoms with E-state index in [-0.39, 0.29) is 5.57 Å². The van der Waals surface area contributed by atoms with Gasteiger partial charge in [0.1, 0.15) is 17.9 Å². The minimum Gasteiger partial charge on any atom is -0.488 e. The summed E-state index contributed by atoms with van der Waals surface area (Å²) >= 11 is 6.21. The number of urea groups is 1. The van der Waals surface area contributed by atoms with Crippen LogP contribution in [0.25, 0.3) is 6.08 Å². The largest absolute Gasteiger partial charge is 0.488 e. The van der Waals surface area contributed by atoms with E-state index < -0.39 is 17.8 Å². The van der Waals surface area contributed by atoms with Crippen molar-refractivity contribution in [2.24, 2.45) is 0 Å². The summed E-state index contributed by atoms with van der Waals surface area (Å²) in [6, 6.07) is 17.4. The maximum atomic E-state index is 13.3. The molecule has 0 atom stereocenters. The second kappa shape index (κ2) is 10.2. The first-order chi connectivity index (χ1) is 16.7. The Labute approximate surface area is 209 Å². The molecule has 0 bridgehead atoms. The van der Waals surface area contributed by atoms with Crippen molar-refractivity contribution in [3.63, 3.8) is 0 Å². The number of benzene rings is 3. The van der Waals surface area contributed by atoms with Gasteiger partial charge in [-0.05, 0) is 67.8 Å². The Morgan fingerprint density at radius 3 is 2.26 bits per heavy atom. The Hall–Kier alpha value is -3.90. The molecule has 1 fully saturated rings. The van der Waals surface area contributed by atoms with Gasteiger partial charge in [-0.2, -0.15) is 0 Å². The number of carbonyl (C=O) groups is 3. The van der Waals surface area contributed by atoms with Crippen LogP contribution in [0.2, 0.25) is 5.02 Å². The van der Waals surface area contributed by atoms with Gasteiger partial charge < -0.3 is 4.74 Å². The number of rotatable bonds is 6. The highest BCUT2D eigenvalue weighted by molar-refractivity contribution is 6.39. The summed E-state index contributed by atoms with van der Waals surface area (Å²) in [5.74, 6) is -1.04. The van der Waals surface area contributed by atoms with Gasteiger partial charge >= 0.3 is 6.03 Å². The number of amides is 4. The van der Waals surface area contributed by atoms with Crippen molar-refractivity contribution >= 4 is 41.2 Å². The average molecular weight is 489 g/mol. The number of aryl methyl sites for hydroxylation is 3.